The van der Waals surface area contributed by atoms with Crippen LogP contribution < -0.4 is 5.32 Å². The smallest absolute Gasteiger partial charge is 0.0860 e. The summed E-state index contributed by atoms with van der Waals surface area (Å²) in [5, 5.41) is 8.63. The Morgan fingerprint density at radius 2 is 2.26 bits per heavy atom. The molecule has 0 saturated heterocycles. The molecule has 0 bridgehead atoms. The van der Waals surface area contributed by atoms with Gasteiger partial charge < -0.3 is 5.32 Å². The van der Waals surface area contributed by atoms with Gasteiger partial charge in [-0.25, -0.2) is 0 Å². The SMILES string of the molecule is CCn1nc(C)c(Cl)c1CN[C@@H](C)c1cccnc1. The summed E-state index contributed by atoms with van der Waals surface area (Å²) < 4.78 is 1.95. The van der Waals surface area contributed by atoms with Crippen LogP contribution in [0.2, 0.25) is 5.02 Å². The van der Waals surface area contributed by atoms with Crippen molar-refractivity contribution < 1.29 is 0 Å². The molecule has 1 N–H and O–H groups in total. The van der Waals surface area contributed by atoms with Gasteiger partial charge in [0.15, 0.2) is 0 Å². The van der Waals surface area contributed by atoms with Gasteiger partial charge in [0.2, 0.25) is 0 Å². The van der Waals surface area contributed by atoms with E-state index in [4.69, 9.17) is 11.6 Å². The van der Waals surface area contributed by atoms with Gasteiger partial charge in [-0.3, -0.25) is 9.67 Å². The Morgan fingerprint density at radius 1 is 1.47 bits per heavy atom. The van der Waals surface area contributed by atoms with Crippen molar-refractivity contribution >= 4 is 11.6 Å². The van der Waals surface area contributed by atoms with Crippen LogP contribution in [0.3, 0.4) is 0 Å². The molecule has 4 nitrogen and oxygen atoms in total. The fourth-order valence-corrected chi connectivity index (χ4v) is 2.24. The van der Waals surface area contributed by atoms with E-state index in [1.54, 1.807) is 6.20 Å². The monoisotopic (exact) mass is 278 g/mol. The minimum Gasteiger partial charge on any atom is -0.304 e. The van der Waals surface area contributed by atoms with E-state index >= 15 is 0 Å². The summed E-state index contributed by atoms with van der Waals surface area (Å²) in [4.78, 5) is 4.13. The lowest BCUT2D eigenvalue weighted by atomic mass is 10.1. The second-order valence-corrected chi connectivity index (χ2v) is 4.93. The highest BCUT2D eigenvalue weighted by Gasteiger charge is 2.13. The zero-order valence-corrected chi connectivity index (χ0v) is 12.3. The second-order valence-electron chi connectivity index (χ2n) is 4.55. The highest BCUT2D eigenvalue weighted by atomic mass is 35.5. The Morgan fingerprint density at radius 3 is 2.89 bits per heavy atom. The van der Waals surface area contributed by atoms with Crippen LogP contribution in [0.1, 0.15) is 36.8 Å². The van der Waals surface area contributed by atoms with Crippen LogP contribution in [0.5, 0.6) is 0 Å². The third kappa shape index (κ3) is 3.14. The number of pyridine rings is 1. The van der Waals surface area contributed by atoms with Crippen molar-refractivity contribution in [3.8, 4) is 0 Å². The second kappa shape index (κ2) is 6.17. The first-order chi connectivity index (χ1) is 9.13. The number of rotatable bonds is 5. The molecule has 0 aliphatic rings. The van der Waals surface area contributed by atoms with Gasteiger partial charge in [-0.1, -0.05) is 17.7 Å². The van der Waals surface area contributed by atoms with Crippen molar-refractivity contribution in [3.05, 3.63) is 46.5 Å². The lowest BCUT2D eigenvalue weighted by Gasteiger charge is -2.14. The van der Waals surface area contributed by atoms with E-state index in [0.29, 0.717) is 6.54 Å². The molecular weight excluding hydrogens is 260 g/mol. The maximum atomic E-state index is 6.29. The first-order valence-corrected chi connectivity index (χ1v) is 6.86. The van der Waals surface area contributed by atoms with E-state index in [1.807, 2.05) is 23.9 Å². The van der Waals surface area contributed by atoms with E-state index < -0.39 is 0 Å². The molecule has 0 fully saturated rings. The first-order valence-electron chi connectivity index (χ1n) is 6.48. The van der Waals surface area contributed by atoms with Gasteiger partial charge in [0, 0.05) is 31.5 Å². The first kappa shape index (κ1) is 14.0. The number of hydrogen-bond acceptors (Lipinski definition) is 3. The predicted molar refractivity (Wildman–Crippen MR) is 77.1 cm³/mol. The normalized spacial score (nSPS) is 12.6. The summed E-state index contributed by atoms with van der Waals surface area (Å²) in [7, 11) is 0. The molecule has 0 amide bonds. The van der Waals surface area contributed by atoms with Crippen molar-refractivity contribution in [3.63, 3.8) is 0 Å². The molecule has 2 aromatic rings. The standard InChI is InChI=1S/C14H19ClN4/c1-4-19-13(14(15)11(3)18-19)9-17-10(2)12-6-5-7-16-8-12/h5-8,10,17H,4,9H2,1-3H3/t10-/m0/s1. The van der Waals surface area contributed by atoms with Crippen LogP contribution in [-0.2, 0) is 13.1 Å². The molecule has 102 valence electrons. The average molecular weight is 279 g/mol. The molecule has 2 aromatic heterocycles. The minimum absolute atomic E-state index is 0.227. The minimum atomic E-state index is 0.227. The molecule has 0 unspecified atom stereocenters. The zero-order valence-electron chi connectivity index (χ0n) is 11.5. The summed E-state index contributed by atoms with van der Waals surface area (Å²) in [5.74, 6) is 0. The summed E-state index contributed by atoms with van der Waals surface area (Å²) in [6, 6.07) is 4.24. The molecule has 5 heteroatoms. The van der Waals surface area contributed by atoms with Gasteiger partial charge in [-0.05, 0) is 32.4 Å². The molecular formula is C14H19ClN4. The van der Waals surface area contributed by atoms with E-state index in [1.165, 1.54) is 0 Å². The van der Waals surface area contributed by atoms with E-state index in [0.717, 1.165) is 28.5 Å². The third-order valence-corrected chi connectivity index (χ3v) is 3.70. The molecule has 0 aliphatic heterocycles. The van der Waals surface area contributed by atoms with Crippen LogP contribution in [-0.4, -0.2) is 14.8 Å². The van der Waals surface area contributed by atoms with Gasteiger partial charge in [-0.2, -0.15) is 5.10 Å². The number of nitrogens with one attached hydrogen (secondary N) is 1. The Hall–Kier alpha value is -1.39. The topological polar surface area (TPSA) is 42.7 Å². The zero-order chi connectivity index (χ0) is 13.8. The van der Waals surface area contributed by atoms with Crippen molar-refractivity contribution in [1.29, 1.82) is 0 Å². The van der Waals surface area contributed by atoms with Gasteiger partial charge in [0.1, 0.15) is 0 Å². The maximum Gasteiger partial charge on any atom is 0.0860 e. The Bertz CT molecular complexity index is 536. The Kier molecular flexibility index (Phi) is 4.56. The summed E-state index contributed by atoms with van der Waals surface area (Å²) in [6.45, 7) is 7.64. The largest absolute Gasteiger partial charge is 0.304 e. The van der Waals surface area contributed by atoms with Gasteiger partial charge in [0.05, 0.1) is 16.4 Å². The number of hydrogen-bond donors (Lipinski definition) is 1. The lowest BCUT2D eigenvalue weighted by molar-refractivity contribution is 0.530. The molecule has 0 aromatic carbocycles. The summed E-state index contributed by atoms with van der Waals surface area (Å²) >= 11 is 6.29. The average Bonchev–Trinajstić information content (AvgIpc) is 2.72. The maximum absolute atomic E-state index is 6.29. The summed E-state index contributed by atoms with van der Waals surface area (Å²) in [5.41, 5.74) is 3.09. The van der Waals surface area contributed by atoms with Crippen molar-refractivity contribution in [1.82, 2.24) is 20.1 Å². The predicted octanol–water partition coefficient (Wildman–Crippen LogP) is 3.11. The Balaban J connectivity index is 2.07. The quantitative estimate of drug-likeness (QED) is 0.914. The molecule has 2 rings (SSSR count). The molecule has 0 radical (unpaired) electrons. The fourth-order valence-electron chi connectivity index (χ4n) is 2.04. The molecule has 0 saturated carbocycles. The molecule has 1 atom stereocenters. The van der Waals surface area contributed by atoms with Crippen LogP contribution >= 0.6 is 11.6 Å². The molecule has 19 heavy (non-hydrogen) atoms. The number of halogens is 1. The van der Waals surface area contributed by atoms with E-state index in [9.17, 15) is 0 Å². The highest BCUT2D eigenvalue weighted by molar-refractivity contribution is 6.31. The fraction of sp³-hybridized carbons (Fsp3) is 0.429. The van der Waals surface area contributed by atoms with Crippen LogP contribution in [0.15, 0.2) is 24.5 Å². The van der Waals surface area contributed by atoms with E-state index in [-0.39, 0.29) is 6.04 Å². The number of aryl methyl sites for hydroxylation is 2. The van der Waals surface area contributed by atoms with Crippen molar-refractivity contribution in [2.75, 3.05) is 0 Å². The van der Waals surface area contributed by atoms with Crippen molar-refractivity contribution in [2.45, 2.75) is 39.9 Å². The van der Waals surface area contributed by atoms with Gasteiger partial charge >= 0.3 is 0 Å². The van der Waals surface area contributed by atoms with Gasteiger partial charge in [-0.15, -0.1) is 0 Å². The van der Waals surface area contributed by atoms with Crippen molar-refractivity contribution in [2.24, 2.45) is 0 Å². The lowest BCUT2D eigenvalue weighted by Crippen LogP contribution is -2.20. The Labute approximate surface area is 118 Å². The third-order valence-electron chi connectivity index (χ3n) is 3.21. The summed E-state index contributed by atoms with van der Waals surface area (Å²) in [6.07, 6.45) is 3.66. The van der Waals surface area contributed by atoms with Gasteiger partial charge in [0.25, 0.3) is 0 Å². The molecule has 0 spiro atoms. The van der Waals surface area contributed by atoms with E-state index in [2.05, 4.69) is 35.3 Å². The van der Waals surface area contributed by atoms with Crippen LogP contribution in [0.25, 0.3) is 0 Å². The molecule has 0 aliphatic carbocycles. The highest BCUT2D eigenvalue weighted by Crippen LogP contribution is 2.21. The number of aromatic nitrogens is 3. The number of nitrogens with zero attached hydrogens (tertiary/aromatic N) is 3. The molecule has 2 heterocycles. The van der Waals surface area contributed by atoms with Crippen LogP contribution in [0, 0.1) is 6.92 Å². The van der Waals surface area contributed by atoms with Crippen LogP contribution in [0.4, 0.5) is 0 Å².